The van der Waals surface area contributed by atoms with Crippen LogP contribution in [0.15, 0.2) is 24.3 Å². The molecule has 0 saturated carbocycles. The number of hydrogen-bond acceptors (Lipinski definition) is 4. The zero-order valence-electron chi connectivity index (χ0n) is 14.3. The molecule has 0 aliphatic carbocycles. The molecule has 1 aromatic carbocycles. The van der Waals surface area contributed by atoms with E-state index in [9.17, 15) is 23.1 Å². The van der Waals surface area contributed by atoms with Crippen LogP contribution in [0, 0.1) is 5.92 Å². The molecule has 9 heteroatoms. The highest BCUT2D eigenvalue weighted by molar-refractivity contribution is 5.85. The van der Waals surface area contributed by atoms with E-state index in [2.05, 4.69) is 0 Å². The lowest BCUT2D eigenvalue weighted by atomic mass is 10.0. The highest BCUT2D eigenvalue weighted by atomic mass is 35.5. The molecule has 144 valence electrons. The lowest BCUT2D eigenvalue weighted by Gasteiger charge is -2.25. The third-order valence-electron chi connectivity index (χ3n) is 3.66. The van der Waals surface area contributed by atoms with Gasteiger partial charge in [0.15, 0.2) is 0 Å². The molecule has 0 aromatic heterocycles. The van der Waals surface area contributed by atoms with Crippen LogP contribution in [0.1, 0.15) is 19.4 Å². The van der Waals surface area contributed by atoms with Gasteiger partial charge in [0, 0.05) is 19.6 Å². The van der Waals surface area contributed by atoms with Crippen LogP contribution in [0.2, 0.25) is 0 Å². The summed E-state index contributed by atoms with van der Waals surface area (Å²) in [7, 11) is 1.54. The number of aliphatic hydroxyl groups is 1. The molecule has 5 nitrogen and oxygen atoms in total. The monoisotopic (exact) mass is 384 g/mol. The van der Waals surface area contributed by atoms with E-state index in [0.29, 0.717) is 0 Å². The lowest BCUT2D eigenvalue weighted by Crippen LogP contribution is -2.43. The number of amides is 1. The number of likely N-dealkylation sites (N-methyl/N-ethyl adjacent to an activating group) is 1. The van der Waals surface area contributed by atoms with Gasteiger partial charge in [-0.2, -0.15) is 13.2 Å². The number of benzene rings is 1. The smallest absolute Gasteiger partial charge is 0.416 e. The molecule has 0 fully saturated rings. The molecular weight excluding hydrogens is 361 g/mol. The van der Waals surface area contributed by atoms with Gasteiger partial charge in [-0.05, 0) is 31.2 Å². The third-order valence-corrected chi connectivity index (χ3v) is 3.66. The Labute approximate surface area is 151 Å². The zero-order chi connectivity index (χ0) is 18.5. The van der Waals surface area contributed by atoms with E-state index in [1.54, 1.807) is 20.9 Å². The maximum Gasteiger partial charge on any atom is 0.416 e. The van der Waals surface area contributed by atoms with Gasteiger partial charge in [0.2, 0.25) is 5.91 Å². The second-order valence-electron chi connectivity index (χ2n) is 5.85. The van der Waals surface area contributed by atoms with E-state index in [4.69, 9.17) is 10.5 Å². The van der Waals surface area contributed by atoms with Crippen molar-refractivity contribution in [3.8, 4) is 5.75 Å². The number of rotatable bonds is 7. The first-order valence-corrected chi connectivity index (χ1v) is 7.51. The summed E-state index contributed by atoms with van der Waals surface area (Å²) in [5.74, 6) is -0.364. The lowest BCUT2D eigenvalue weighted by molar-refractivity contribution is -0.137. The fraction of sp³-hybridized carbons (Fsp3) is 0.562. The highest BCUT2D eigenvalue weighted by Gasteiger charge is 2.30. The van der Waals surface area contributed by atoms with Gasteiger partial charge in [0.25, 0.3) is 0 Å². The molecule has 25 heavy (non-hydrogen) atoms. The van der Waals surface area contributed by atoms with Gasteiger partial charge in [0.05, 0.1) is 11.5 Å². The van der Waals surface area contributed by atoms with Gasteiger partial charge >= 0.3 is 6.18 Å². The molecule has 1 rings (SSSR count). The molecule has 1 aromatic rings. The van der Waals surface area contributed by atoms with Gasteiger partial charge in [0.1, 0.15) is 18.5 Å². The van der Waals surface area contributed by atoms with Crippen LogP contribution in [0.5, 0.6) is 5.75 Å². The molecule has 1 amide bonds. The Hall–Kier alpha value is -1.51. The minimum atomic E-state index is -4.40. The SMILES string of the molecule is CC(N)C(C)C(=O)N(C)CC(O)COc1ccc(C(F)(F)F)cc1.Cl. The summed E-state index contributed by atoms with van der Waals surface area (Å²) < 4.78 is 42.6. The Morgan fingerprint density at radius 1 is 1.28 bits per heavy atom. The number of halogens is 4. The van der Waals surface area contributed by atoms with Crippen LogP contribution >= 0.6 is 12.4 Å². The third kappa shape index (κ3) is 7.50. The van der Waals surface area contributed by atoms with Crippen LogP contribution in [-0.2, 0) is 11.0 Å². The largest absolute Gasteiger partial charge is 0.491 e. The molecule has 0 heterocycles. The maximum absolute atomic E-state index is 12.4. The number of nitrogens with zero attached hydrogens (tertiary/aromatic N) is 1. The summed E-state index contributed by atoms with van der Waals surface area (Å²) in [6.07, 6.45) is -5.38. The van der Waals surface area contributed by atoms with E-state index in [1.807, 2.05) is 0 Å². The van der Waals surface area contributed by atoms with Gasteiger partial charge < -0.3 is 20.5 Å². The second-order valence-corrected chi connectivity index (χ2v) is 5.85. The fourth-order valence-electron chi connectivity index (χ4n) is 1.96. The molecular formula is C16H24ClF3N2O3. The molecule has 3 unspecified atom stereocenters. The van der Waals surface area contributed by atoms with Crippen molar-refractivity contribution in [2.24, 2.45) is 11.7 Å². The Kier molecular flexibility index (Phi) is 9.24. The quantitative estimate of drug-likeness (QED) is 0.756. The predicted molar refractivity (Wildman–Crippen MR) is 90.6 cm³/mol. The van der Waals surface area contributed by atoms with E-state index < -0.39 is 17.8 Å². The number of ether oxygens (including phenoxy) is 1. The first kappa shape index (κ1) is 23.5. The van der Waals surface area contributed by atoms with E-state index in [1.165, 1.54) is 17.0 Å². The van der Waals surface area contributed by atoms with Crippen molar-refractivity contribution in [1.29, 1.82) is 0 Å². The van der Waals surface area contributed by atoms with E-state index in [-0.39, 0.29) is 49.2 Å². The number of nitrogens with two attached hydrogens (primary N) is 1. The Balaban J connectivity index is 0.00000576. The van der Waals surface area contributed by atoms with Crippen LogP contribution in [0.25, 0.3) is 0 Å². The van der Waals surface area contributed by atoms with Crippen LogP contribution in [0.4, 0.5) is 13.2 Å². The Bertz CT molecular complexity index is 538. The average molecular weight is 385 g/mol. The van der Waals surface area contributed by atoms with E-state index in [0.717, 1.165) is 12.1 Å². The molecule has 0 spiro atoms. The fourth-order valence-corrected chi connectivity index (χ4v) is 1.96. The van der Waals surface area contributed by atoms with Crippen molar-refractivity contribution in [3.63, 3.8) is 0 Å². The summed E-state index contributed by atoms with van der Waals surface area (Å²) in [5.41, 5.74) is 4.90. The van der Waals surface area contributed by atoms with Crippen molar-refractivity contribution in [2.45, 2.75) is 32.2 Å². The van der Waals surface area contributed by atoms with Gasteiger partial charge in [-0.15, -0.1) is 12.4 Å². The number of carbonyl (C=O) groups is 1. The normalized spacial score (nSPS) is 14.9. The average Bonchev–Trinajstić information content (AvgIpc) is 2.50. The van der Waals surface area contributed by atoms with Gasteiger partial charge in [-0.25, -0.2) is 0 Å². The van der Waals surface area contributed by atoms with Crippen LogP contribution in [0.3, 0.4) is 0 Å². The Morgan fingerprint density at radius 3 is 2.24 bits per heavy atom. The molecule has 0 radical (unpaired) electrons. The van der Waals surface area contributed by atoms with Crippen molar-refractivity contribution < 1.29 is 27.8 Å². The van der Waals surface area contributed by atoms with Crippen molar-refractivity contribution in [3.05, 3.63) is 29.8 Å². The molecule has 0 saturated heterocycles. The number of hydrogen-bond donors (Lipinski definition) is 2. The minimum Gasteiger partial charge on any atom is -0.491 e. The maximum atomic E-state index is 12.4. The number of aliphatic hydroxyl groups excluding tert-OH is 1. The first-order chi connectivity index (χ1) is 11.0. The summed E-state index contributed by atoms with van der Waals surface area (Å²) in [5, 5.41) is 9.90. The van der Waals surface area contributed by atoms with Crippen molar-refractivity contribution in [1.82, 2.24) is 4.90 Å². The second kappa shape index (κ2) is 9.84. The summed E-state index contributed by atoms with van der Waals surface area (Å²) in [6.45, 7) is 3.32. The number of alkyl halides is 3. The van der Waals surface area contributed by atoms with Crippen LogP contribution in [-0.4, -0.2) is 48.3 Å². The molecule has 0 aliphatic heterocycles. The minimum absolute atomic E-state index is 0. The van der Waals surface area contributed by atoms with Gasteiger partial charge in [-0.3, -0.25) is 4.79 Å². The molecule has 0 aliphatic rings. The summed E-state index contributed by atoms with van der Waals surface area (Å²) in [4.78, 5) is 13.4. The Morgan fingerprint density at radius 2 is 1.80 bits per heavy atom. The van der Waals surface area contributed by atoms with E-state index >= 15 is 0 Å². The topological polar surface area (TPSA) is 75.8 Å². The van der Waals surface area contributed by atoms with Crippen molar-refractivity contribution in [2.75, 3.05) is 20.2 Å². The van der Waals surface area contributed by atoms with Crippen molar-refractivity contribution >= 4 is 18.3 Å². The van der Waals surface area contributed by atoms with Crippen LogP contribution < -0.4 is 10.5 Å². The van der Waals surface area contributed by atoms with Gasteiger partial charge in [-0.1, -0.05) is 6.92 Å². The standard InChI is InChI=1S/C16H23F3N2O3.ClH/c1-10(11(2)20)15(23)21(3)8-13(22)9-24-14-6-4-12(5-7-14)16(17,18)19;/h4-7,10-11,13,22H,8-9,20H2,1-3H3;1H. The number of carbonyl (C=O) groups excluding carboxylic acids is 1. The molecule has 3 N–H and O–H groups in total. The predicted octanol–water partition coefficient (Wildman–Crippen LogP) is 2.31. The summed E-state index contributed by atoms with van der Waals surface area (Å²) in [6, 6.07) is 3.87. The highest BCUT2D eigenvalue weighted by Crippen LogP contribution is 2.30. The molecule has 0 bridgehead atoms. The first-order valence-electron chi connectivity index (χ1n) is 7.51. The summed E-state index contributed by atoms with van der Waals surface area (Å²) >= 11 is 0. The zero-order valence-corrected chi connectivity index (χ0v) is 15.1. The molecule has 3 atom stereocenters.